The molecule has 0 bridgehead atoms. The molecule has 2 aromatic rings. The van der Waals surface area contributed by atoms with Gasteiger partial charge in [-0.05, 0) is 24.3 Å². The first-order valence-electron chi connectivity index (χ1n) is 9.00. The third kappa shape index (κ3) is 5.41. The van der Waals surface area contributed by atoms with E-state index in [1.807, 2.05) is 0 Å². The Morgan fingerprint density at radius 2 is 1.63 bits per heavy atom. The molecule has 162 valence electrons. The van der Waals surface area contributed by atoms with Crippen molar-refractivity contribution in [2.75, 3.05) is 42.9 Å². The Labute approximate surface area is 168 Å². The molecule has 0 spiro atoms. The van der Waals surface area contributed by atoms with Gasteiger partial charge in [0, 0.05) is 32.4 Å². The van der Waals surface area contributed by atoms with E-state index in [9.17, 15) is 31.1 Å². The summed E-state index contributed by atoms with van der Waals surface area (Å²) in [5.41, 5.74) is -2.04. The number of carbonyl (C=O) groups is 1. The van der Waals surface area contributed by atoms with E-state index < -0.39 is 29.4 Å². The first-order chi connectivity index (χ1) is 14.0. The maximum absolute atomic E-state index is 13.0. The van der Waals surface area contributed by atoms with E-state index in [1.165, 1.54) is 18.2 Å². The van der Waals surface area contributed by atoms with Gasteiger partial charge in [-0.3, -0.25) is 9.69 Å². The summed E-state index contributed by atoms with van der Waals surface area (Å²) >= 11 is 0. The molecule has 3 rings (SSSR count). The van der Waals surface area contributed by atoms with Crippen LogP contribution in [-0.2, 0) is 17.1 Å². The molecule has 1 aromatic heterocycles. The van der Waals surface area contributed by atoms with Gasteiger partial charge in [0.25, 0.3) is 0 Å². The van der Waals surface area contributed by atoms with Crippen LogP contribution in [0.15, 0.2) is 42.6 Å². The van der Waals surface area contributed by atoms with Crippen molar-refractivity contribution in [1.29, 1.82) is 0 Å². The molecule has 11 heteroatoms. The topological polar surface area (TPSA) is 48.5 Å². The molecule has 1 aliphatic heterocycles. The molecule has 1 amide bonds. The summed E-state index contributed by atoms with van der Waals surface area (Å²) in [6.07, 6.45) is -7.96. The van der Waals surface area contributed by atoms with Crippen molar-refractivity contribution in [1.82, 2.24) is 9.88 Å². The molecule has 30 heavy (non-hydrogen) atoms. The first kappa shape index (κ1) is 21.9. The van der Waals surface area contributed by atoms with Gasteiger partial charge in [0.15, 0.2) is 0 Å². The number of anilines is 2. The van der Waals surface area contributed by atoms with Crippen molar-refractivity contribution in [3.8, 4) is 0 Å². The van der Waals surface area contributed by atoms with Gasteiger partial charge in [-0.1, -0.05) is 12.1 Å². The highest BCUT2D eigenvalue weighted by molar-refractivity contribution is 5.93. The average Bonchev–Trinajstić information content (AvgIpc) is 2.67. The zero-order chi connectivity index (χ0) is 21.9. The molecule has 0 radical (unpaired) electrons. The van der Waals surface area contributed by atoms with Crippen LogP contribution in [0.3, 0.4) is 0 Å². The van der Waals surface area contributed by atoms with Crippen LogP contribution in [0.5, 0.6) is 0 Å². The van der Waals surface area contributed by atoms with E-state index in [1.54, 1.807) is 9.80 Å². The number of nitrogens with zero attached hydrogens (tertiary/aromatic N) is 3. The fourth-order valence-corrected chi connectivity index (χ4v) is 3.13. The van der Waals surface area contributed by atoms with E-state index in [-0.39, 0.29) is 18.1 Å². The molecule has 2 heterocycles. The van der Waals surface area contributed by atoms with Gasteiger partial charge >= 0.3 is 12.4 Å². The van der Waals surface area contributed by atoms with Crippen LogP contribution in [-0.4, -0.2) is 48.5 Å². The summed E-state index contributed by atoms with van der Waals surface area (Å²) in [5, 5.41) is 2.28. The second-order valence-electron chi connectivity index (χ2n) is 6.76. The third-order valence-electron chi connectivity index (χ3n) is 4.64. The number of rotatable bonds is 4. The van der Waals surface area contributed by atoms with Crippen molar-refractivity contribution in [3.63, 3.8) is 0 Å². The van der Waals surface area contributed by atoms with Crippen LogP contribution < -0.4 is 10.2 Å². The van der Waals surface area contributed by atoms with Gasteiger partial charge < -0.3 is 10.2 Å². The van der Waals surface area contributed by atoms with Gasteiger partial charge in [0.2, 0.25) is 5.91 Å². The molecule has 0 atom stereocenters. The lowest BCUT2D eigenvalue weighted by Gasteiger charge is -2.35. The number of aromatic nitrogens is 1. The zero-order valence-corrected chi connectivity index (χ0v) is 15.6. The molecule has 1 N–H and O–H groups in total. The predicted octanol–water partition coefficient (Wildman–Crippen LogP) is 3.88. The molecule has 1 saturated heterocycles. The second kappa shape index (κ2) is 8.50. The quantitative estimate of drug-likeness (QED) is 0.746. The number of hydrogen-bond acceptors (Lipinski definition) is 4. The number of pyridine rings is 1. The molecule has 1 fully saturated rings. The SMILES string of the molecule is O=C(CN1CCN(c2cc(C(F)(F)F)ccn2)CC1)Nc1ccccc1C(F)(F)F. The molecular formula is C19H18F6N4O. The lowest BCUT2D eigenvalue weighted by molar-refractivity contribution is -0.138. The van der Waals surface area contributed by atoms with Gasteiger partial charge in [-0.25, -0.2) is 4.98 Å². The van der Waals surface area contributed by atoms with Crippen LogP contribution in [0, 0.1) is 0 Å². The Hall–Kier alpha value is -2.82. The number of hydrogen-bond donors (Lipinski definition) is 1. The molecule has 5 nitrogen and oxygen atoms in total. The molecule has 0 saturated carbocycles. The Kier molecular flexibility index (Phi) is 6.20. The lowest BCUT2D eigenvalue weighted by atomic mass is 10.1. The highest BCUT2D eigenvalue weighted by Crippen LogP contribution is 2.34. The van der Waals surface area contributed by atoms with Crippen molar-refractivity contribution in [2.45, 2.75) is 12.4 Å². The zero-order valence-electron chi connectivity index (χ0n) is 15.6. The standard InChI is InChI=1S/C19H18F6N4O/c20-18(21,22)13-5-6-26-16(11-13)29-9-7-28(8-10-29)12-17(30)27-15-4-2-1-3-14(15)19(23,24)25/h1-6,11H,7-10,12H2,(H,27,30). The number of carbonyl (C=O) groups excluding carboxylic acids is 1. The number of nitrogens with one attached hydrogen (secondary N) is 1. The van der Waals surface area contributed by atoms with E-state index in [0.29, 0.717) is 26.2 Å². The van der Waals surface area contributed by atoms with Crippen LogP contribution in [0.2, 0.25) is 0 Å². The Balaban J connectivity index is 1.56. The minimum absolute atomic E-state index is 0.129. The van der Waals surface area contributed by atoms with Crippen molar-refractivity contribution in [3.05, 3.63) is 53.7 Å². The summed E-state index contributed by atoms with van der Waals surface area (Å²) < 4.78 is 77.6. The van der Waals surface area contributed by atoms with Gasteiger partial charge in [-0.15, -0.1) is 0 Å². The summed E-state index contributed by atoms with van der Waals surface area (Å²) in [4.78, 5) is 19.6. The predicted molar refractivity (Wildman–Crippen MR) is 98.0 cm³/mol. The molecule has 0 aliphatic carbocycles. The van der Waals surface area contributed by atoms with Crippen molar-refractivity contribution >= 4 is 17.4 Å². The summed E-state index contributed by atoms with van der Waals surface area (Å²) in [6, 6.07) is 6.55. The summed E-state index contributed by atoms with van der Waals surface area (Å²) in [5.74, 6) is -0.412. The Bertz CT molecular complexity index is 891. The van der Waals surface area contributed by atoms with Gasteiger partial charge in [-0.2, -0.15) is 26.3 Å². The number of halogens is 6. The number of piperazine rings is 1. The van der Waals surface area contributed by atoms with Crippen LogP contribution in [0.4, 0.5) is 37.8 Å². The number of benzene rings is 1. The Morgan fingerprint density at radius 3 is 2.27 bits per heavy atom. The van der Waals surface area contributed by atoms with Crippen molar-refractivity contribution in [2.24, 2.45) is 0 Å². The maximum atomic E-state index is 13.0. The summed E-state index contributed by atoms with van der Waals surface area (Å²) in [6.45, 7) is 1.25. The minimum Gasteiger partial charge on any atom is -0.354 e. The smallest absolute Gasteiger partial charge is 0.354 e. The Morgan fingerprint density at radius 1 is 0.967 bits per heavy atom. The largest absolute Gasteiger partial charge is 0.418 e. The summed E-state index contributed by atoms with van der Waals surface area (Å²) in [7, 11) is 0. The van der Waals surface area contributed by atoms with E-state index in [0.717, 1.165) is 24.4 Å². The number of amides is 1. The first-order valence-corrected chi connectivity index (χ1v) is 9.00. The lowest BCUT2D eigenvalue weighted by Crippen LogP contribution is -2.49. The number of para-hydroxylation sites is 1. The molecule has 1 aliphatic rings. The van der Waals surface area contributed by atoms with E-state index >= 15 is 0 Å². The highest BCUT2D eigenvalue weighted by Gasteiger charge is 2.34. The van der Waals surface area contributed by atoms with Crippen LogP contribution in [0.1, 0.15) is 11.1 Å². The van der Waals surface area contributed by atoms with E-state index in [4.69, 9.17) is 0 Å². The minimum atomic E-state index is -4.59. The molecule has 1 aromatic carbocycles. The molecule has 0 unspecified atom stereocenters. The van der Waals surface area contributed by atoms with Crippen molar-refractivity contribution < 1.29 is 31.1 Å². The van der Waals surface area contributed by atoms with E-state index in [2.05, 4.69) is 10.3 Å². The second-order valence-corrected chi connectivity index (χ2v) is 6.76. The average molecular weight is 432 g/mol. The monoisotopic (exact) mass is 432 g/mol. The van der Waals surface area contributed by atoms with Gasteiger partial charge in [0.05, 0.1) is 23.4 Å². The van der Waals surface area contributed by atoms with Crippen LogP contribution in [0.25, 0.3) is 0 Å². The normalized spacial score (nSPS) is 15.9. The fraction of sp³-hybridized carbons (Fsp3) is 0.368. The number of alkyl halides is 6. The van der Waals surface area contributed by atoms with Crippen LogP contribution >= 0.6 is 0 Å². The highest BCUT2D eigenvalue weighted by atomic mass is 19.4. The third-order valence-corrected chi connectivity index (χ3v) is 4.64. The molecular weight excluding hydrogens is 414 g/mol. The fourth-order valence-electron chi connectivity index (χ4n) is 3.13. The van der Waals surface area contributed by atoms with Gasteiger partial charge in [0.1, 0.15) is 5.82 Å². The maximum Gasteiger partial charge on any atom is 0.418 e.